The summed E-state index contributed by atoms with van der Waals surface area (Å²) in [5.74, 6) is 0. The molecule has 2 heteroatoms. The lowest BCUT2D eigenvalue weighted by molar-refractivity contribution is -0.880. The second kappa shape index (κ2) is 2.46. The fourth-order valence-corrected chi connectivity index (χ4v) is 0.958. The molecule has 1 fully saturated rings. The van der Waals surface area contributed by atoms with Crippen molar-refractivity contribution in [2.24, 2.45) is 0 Å². The van der Waals surface area contributed by atoms with Gasteiger partial charge < -0.3 is 10.2 Å². The van der Waals surface area contributed by atoms with Gasteiger partial charge in [0.2, 0.25) is 0 Å². The van der Waals surface area contributed by atoms with Crippen LogP contribution in [-0.2, 0) is 0 Å². The van der Waals surface area contributed by atoms with Gasteiger partial charge in [-0.1, -0.05) is 0 Å². The van der Waals surface area contributed by atoms with Gasteiger partial charge in [0.1, 0.15) is 0 Å². The van der Waals surface area contributed by atoms with E-state index in [2.05, 4.69) is 19.3 Å². The molecule has 0 amide bonds. The molecule has 0 aromatic heterocycles. The first-order valence-corrected chi connectivity index (χ1v) is 3.19. The zero-order valence-corrected chi connectivity index (χ0v) is 5.41. The zero-order valence-electron chi connectivity index (χ0n) is 5.41. The Hall–Kier alpha value is -0.0800. The summed E-state index contributed by atoms with van der Waals surface area (Å²) in [4.78, 5) is 1.41. The summed E-state index contributed by atoms with van der Waals surface area (Å²) in [5.41, 5.74) is 0. The Bertz CT molecular complexity index is 62.9. The molecule has 0 saturated carbocycles. The molecule has 0 aromatic rings. The Morgan fingerprint density at radius 2 is 2.50 bits per heavy atom. The van der Waals surface area contributed by atoms with Gasteiger partial charge in [0.15, 0.2) is 0 Å². The number of piperazine rings is 1. The standard InChI is InChI=1S/C6H14N2/c1-6-5-7-3-4-8(6)2/h6-8H,2-5H2,1H3. The van der Waals surface area contributed by atoms with E-state index in [0.717, 1.165) is 13.1 Å². The van der Waals surface area contributed by atoms with Crippen LogP contribution in [0.4, 0.5) is 0 Å². The molecule has 1 rings (SSSR count). The van der Waals surface area contributed by atoms with Crippen LogP contribution >= 0.6 is 0 Å². The van der Waals surface area contributed by atoms with E-state index in [1.54, 1.807) is 0 Å². The van der Waals surface area contributed by atoms with Crippen molar-refractivity contribution in [2.75, 3.05) is 19.6 Å². The van der Waals surface area contributed by atoms with Gasteiger partial charge in [-0.2, -0.15) is 7.05 Å². The van der Waals surface area contributed by atoms with Crippen molar-refractivity contribution in [2.45, 2.75) is 13.0 Å². The molecule has 1 saturated heterocycles. The summed E-state index contributed by atoms with van der Waals surface area (Å²) in [6.07, 6.45) is 0. The highest BCUT2D eigenvalue weighted by Gasteiger charge is 2.11. The van der Waals surface area contributed by atoms with Gasteiger partial charge in [0.05, 0.1) is 12.6 Å². The van der Waals surface area contributed by atoms with E-state index < -0.39 is 0 Å². The minimum absolute atomic E-state index is 0.698. The lowest BCUT2D eigenvalue weighted by Crippen LogP contribution is -3.13. The quantitative estimate of drug-likeness (QED) is 0.372. The molecule has 2 nitrogen and oxygen atoms in total. The van der Waals surface area contributed by atoms with E-state index in [4.69, 9.17) is 0 Å². The monoisotopic (exact) mass is 114 g/mol. The summed E-state index contributed by atoms with van der Waals surface area (Å²) in [5, 5.41) is 3.30. The third-order valence-electron chi connectivity index (χ3n) is 1.77. The number of hydrogen-bond acceptors (Lipinski definition) is 1. The summed E-state index contributed by atoms with van der Waals surface area (Å²) in [6, 6.07) is 0.698. The van der Waals surface area contributed by atoms with E-state index in [1.807, 2.05) is 0 Å². The molecule has 2 N–H and O–H groups in total. The Morgan fingerprint density at radius 1 is 1.75 bits per heavy atom. The Labute approximate surface area is 50.9 Å². The summed E-state index contributed by atoms with van der Waals surface area (Å²) < 4.78 is 0. The van der Waals surface area contributed by atoms with Crippen molar-refractivity contribution >= 4 is 0 Å². The average Bonchev–Trinajstić information content (AvgIpc) is 1.77. The van der Waals surface area contributed by atoms with Crippen LogP contribution in [-0.4, -0.2) is 25.7 Å². The molecule has 1 aliphatic heterocycles. The normalized spacial score (nSPS) is 39.8. The van der Waals surface area contributed by atoms with Crippen molar-refractivity contribution in [1.82, 2.24) is 5.32 Å². The van der Waals surface area contributed by atoms with Gasteiger partial charge in [-0.15, -0.1) is 0 Å². The second-order valence-corrected chi connectivity index (χ2v) is 2.51. The van der Waals surface area contributed by atoms with Crippen molar-refractivity contribution in [1.29, 1.82) is 0 Å². The molecule has 48 valence electrons. The van der Waals surface area contributed by atoms with E-state index in [1.165, 1.54) is 11.4 Å². The van der Waals surface area contributed by atoms with E-state index in [9.17, 15) is 0 Å². The molecule has 2 unspecified atom stereocenters. The largest absolute Gasteiger partial charge is 0.464 e. The minimum Gasteiger partial charge on any atom is -0.464 e. The highest BCUT2D eigenvalue weighted by molar-refractivity contribution is 4.58. The van der Waals surface area contributed by atoms with Gasteiger partial charge in [-0.3, -0.25) is 0 Å². The van der Waals surface area contributed by atoms with Gasteiger partial charge in [-0.25, -0.2) is 0 Å². The van der Waals surface area contributed by atoms with Crippen molar-refractivity contribution < 1.29 is 4.90 Å². The van der Waals surface area contributed by atoms with Gasteiger partial charge in [0, 0.05) is 13.1 Å². The third-order valence-corrected chi connectivity index (χ3v) is 1.77. The maximum Gasteiger partial charge on any atom is 0.0733 e. The first-order valence-electron chi connectivity index (χ1n) is 3.19. The topological polar surface area (TPSA) is 16.5 Å². The first-order chi connectivity index (χ1) is 3.80. The Kier molecular flexibility index (Phi) is 1.86. The van der Waals surface area contributed by atoms with Crippen LogP contribution in [0.15, 0.2) is 0 Å². The molecule has 0 spiro atoms. The van der Waals surface area contributed by atoms with Crippen molar-refractivity contribution in [3.63, 3.8) is 0 Å². The lowest BCUT2D eigenvalue weighted by Gasteiger charge is -2.32. The van der Waals surface area contributed by atoms with Crippen LogP contribution in [0.1, 0.15) is 6.92 Å². The predicted molar refractivity (Wildman–Crippen MR) is 33.5 cm³/mol. The van der Waals surface area contributed by atoms with Gasteiger partial charge >= 0.3 is 0 Å². The Balaban J connectivity index is 2.28. The Morgan fingerprint density at radius 3 is 2.88 bits per heavy atom. The average molecular weight is 114 g/mol. The molecule has 0 radical (unpaired) electrons. The molecular weight excluding hydrogens is 100 g/mol. The van der Waals surface area contributed by atoms with Crippen LogP contribution in [0.3, 0.4) is 0 Å². The van der Waals surface area contributed by atoms with E-state index in [-0.39, 0.29) is 0 Å². The second-order valence-electron chi connectivity index (χ2n) is 2.51. The van der Waals surface area contributed by atoms with Gasteiger partial charge in [-0.05, 0) is 6.92 Å². The maximum absolute atomic E-state index is 3.96. The third kappa shape index (κ3) is 1.20. The number of quaternary nitrogens is 1. The SMILES string of the molecule is [CH2-][NH+]1CCNCC1C. The fourth-order valence-electron chi connectivity index (χ4n) is 0.958. The number of nitrogens with one attached hydrogen (secondary N) is 2. The highest BCUT2D eigenvalue weighted by atomic mass is 15.2. The molecule has 0 aliphatic carbocycles. The smallest absolute Gasteiger partial charge is 0.0733 e. The molecule has 2 atom stereocenters. The van der Waals surface area contributed by atoms with Crippen molar-refractivity contribution in [3.8, 4) is 0 Å². The maximum atomic E-state index is 3.96. The highest BCUT2D eigenvalue weighted by Crippen LogP contribution is 1.74. The number of hydrogen-bond donors (Lipinski definition) is 2. The molecule has 0 bridgehead atoms. The molecule has 1 aliphatic rings. The lowest BCUT2D eigenvalue weighted by atomic mass is 10.2. The van der Waals surface area contributed by atoms with Crippen LogP contribution in [0.2, 0.25) is 0 Å². The van der Waals surface area contributed by atoms with Crippen LogP contribution in [0.5, 0.6) is 0 Å². The minimum atomic E-state index is 0.698. The number of rotatable bonds is 0. The van der Waals surface area contributed by atoms with Crippen molar-refractivity contribution in [3.05, 3.63) is 7.05 Å². The van der Waals surface area contributed by atoms with Crippen LogP contribution < -0.4 is 10.2 Å². The first kappa shape index (κ1) is 6.05. The molecule has 1 heterocycles. The zero-order chi connectivity index (χ0) is 5.98. The predicted octanol–water partition coefficient (Wildman–Crippen LogP) is -1.35. The van der Waals surface area contributed by atoms with Crippen LogP contribution in [0, 0.1) is 7.05 Å². The van der Waals surface area contributed by atoms with E-state index >= 15 is 0 Å². The molecule has 8 heavy (non-hydrogen) atoms. The fraction of sp³-hybridized carbons (Fsp3) is 0.833. The molecular formula is C6H14N2. The molecule has 0 aromatic carbocycles. The van der Waals surface area contributed by atoms with Crippen LogP contribution in [0.25, 0.3) is 0 Å². The van der Waals surface area contributed by atoms with E-state index in [0.29, 0.717) is 6.04 Å². The van der Waals surface area contributed by atoms with Gasteiger partial charge in [0.25, 0.3) is 0 Å². The summed E-state index contributed by atoms with van der Waals surface area (Å²) in [7, 11) is 3.96. The summed E-state index contributed by atoms with van der Waals surface area (Å²) in [6.45, 7) is 5.64. The summed E-state index contributed by atoms with van der Waals surface area (Å²) >= 11 is 0.